The number of likely N-dealkylation sites (tertiary alicyclic amines) is 1. The molecule has 4 rings (SSSR count). The largest absolute Gasteiger partial charge is 0.469 e. The van der Waals surface area contributed by atoms with Crippen molar-refractivity contribution >= 4 is 34.5 Å². The molecule has 1 aromatic heterocycles. The Morgan fingerprint density at radius 1 is 1.06 bits per heavy atom. The number of carbonyl (C=O) groups is 2. The molecule has 7 nitrogen and oxygen atoms in total. The number of hydrogen-bond acceptors (Lipinski definition) is 6. The molecule has 1 aliphatic rings. The first kappa shape index (κ1) is 24.0. The van der Waals surface area contributed by atoms with Gasteiger partial charge in [-0.25, -0.2) is 4.98 Å². The molecule has 0 bridgehead atoms. The fourth-order valence-electron chi connectivity index (χ4n) is 4.29. The number of carbonyl (C=O) groups excluding carboxylic acids is 2. The summed E-state index contributed by atoms with van der Waals surface area (Å²) in [5.74, 6) is -0.154. The smallest absolute Gasteiger partial charge is 0.308 e. The van der Waals surface area contributed by atoms with Crippen molar-refractivity contribution in [3.05, 3.63) is 70.5 Å². The molecule has 0 radical (unpaired) electrons. The van der Waals surface area contributed by atoms with Crippen molar-refractivity contribution in [3.8, 4) is 0 Å². The van der Waals surface area contributed by atoms with Crippen LogP contribution in [0.3, 0.4) is 0 Å². The van der Waals surface area contributed by atoms with Gasteiger partial charge in [0.15, 0.2) is 5.16 Å². The molecule has 0 unspecified atom stereocenters. The van der Waals surface area contributed by atoms with Gasteiger partial charge >= 0.3 is 5.97 Å². The number of ether oxygens (including phenoxy) is 1. The molecule has 178 valence electrons. The Kier molecular flexibility index (Phi) is 8.00. The summed E-state index contributed by atoms with van der Waals surface area (Å²) in [6, 6.07) is 17.5. The summed E-state index contributed by atoms with van der Waals surface area (Å²) >= 11 is 1.30. The van der Waals surface area contributed by atoms with Crippen LogP contribution in [0.2, 0.25) is 0 Å². The maximum atomic E-state index is 13.2. The summed E-state index contributed by atoms with van der Waals surface area (Å²) in [6.07, 6.45) is 2.88. The first-order valence-corrected chi connectivity index (χ1v) is 12.6. The number of thioether (sulfide) groups is 1. The summed E-state index contributed by atoms with van der Waals surface area (Å²) in [4.78, 5) is 44.3. The molecule has 3 aromatic rings. The normalized spacial score (nSPS) is 14.3. The number of aromatic nitrogens is 2. The predicted octanol–water partition coefficient (Wildman–Crippen LogP) is 3.53. The van der Waals surface area contributed by atoms with Crippen LogP contribution in [0.5, 0.6) is 0 Å². The number of piperidine rings is 1. The van der Waals surface area contributed by atoms with E-state index < -0.39 is 0 Å². The summed E-state index contributed by atoms with van der Waals surface area (Å²) in [6.45, 7) is 1.61. The summed E-state index contributed by atoms with van der Waals surface area (Å²) in [5.41, 5.74) is 1.79. The lowest BCUT2D eigenvalue weighted by molar-refractivity contribution is -0.148. The van der Waals surface area contributed by atoms with Crippen molar-refractivity contribution in [2.45, 2.75) is 37.4 Å². The Morgan fingerprint density at radius 2 is 1.76 bits per heavy atom. The second kappa shape index (κ2) is 11.3. The third-order valence-corrected chi connectivity index (χ3v) is 7.18. The van der Waals surface area contributed by atoms with E-state index in [2.05, 4.69) is 12.1 Å². The fourth-order valence-corrected chi connectivity index (χ4v) is 5.22. The standard InChI is InChI=1S/C26H29N3O4S/c1-33-25(32)20-13-16-28(17-14-20)23(30)18-34-26-27-22-12-6-5-11-21(22)24(31)29(26)15-7-10-19-8-3-2-4-9-19/h2-6,8-9,11-12,20H,7,10,13-18H2,1H3. The average Bonchev–Trinajstić information content (AvgIpc) is 2.89. The third kappa shape index (κ3) is 5.67. The summed E-state index contributed by atoms with van der Waals surface area (Å²) in [7, 11) is 1.40. The van der Waals surface area contributed by atoms with Crippen LogP contribution in [0.25, 0.3) is 10.9 Å². The SMILES string of the molecule is COC(=O)C1CCN(C(=O)CSc2nc3ccccc3c(=O)n2CCCc2ccccc2)CC1. The highest BCUT2D eigenvalue weighted by Gasteiger charge is 2.28. The minimum absolute atomic E-state index is 0.00782. The number of methoxy groups -OCH3 is 1. The number of rotatable bonds is 8. The van der Waals surface area contributed by atoms with E-state index in [0.29, 0.717) is 48.5 Å². The van der Waals surface area contributed by atoms with E-state index in [-0.39, 0.29) is 29.1 Å². The zero-order chi connectivity index (χ0) is 23.9. The van der Waals surface area contributed by atoms with Crippen molar-refractivity contribution in [3.63, 3.8) is 0 Å². The molecule has 2 aromatic carbocycles. The van der Waals surface area contributed by atoms with Crippen LogP contribution in [-0.2, 0) is 27.3 Å². The van der Waals surface area contributed by atoms with Gasteiger partial charge in [-0.2, -0.15) is 0 Å². The van der Waals surface area contributed by atoms with Crippen LogP contribution in [-0.4, -0.2) is 52.3 Å². The maximum absolute atomic E-state index is 13.2. The van der Waals surface area contributed by atoms with E-state index >= 15 is 0 Å². The first-order valence-electron chi connectivity index (χ1n) is 11.6. The number of nitrogens with zero attached hydrogens (tertiary/aromatic N) is 3. The molecule has 0 aliphatic carbocycles. The van der Waals surface area contributed by atoms with E-state index in [0.717, 1.165) is 12.8 Å². The number of amides is 1. The monoisotopic (exact) mass is 479 g/mol. The molecule has 0 saturated carbocycles. The van der Waals surface area contributed by atoms with Gasteiger partial charge in [-0.3, -0.25) is 19.0 Å². The van der Waals surface area contributed by atoms with E-state index in [1.165, 1.54) is 24.4 Å². The summed E-state index contributed by atoms with van der Waals surface area (Å²) < 4.78 is 6.52. The molecule has 2 heterocycles. The van der Waals surface area contributed by atoms with E-state index in [1.807, 2.05) is 36.4 Å². The first-order chi connectivity index (χ1) is 16.6. The second-order valence-electron chi connectivity index (χ2n) is 8.42. The van der Waals surface area contributed by atoms with E-state index in [1.54, 1.807) is 15.5 Å². The predicted molar refractivity (Wildman–Crippen MR) is 133 cm³/mol. The van der Waals surface area contributed by atoms with Gasteiger partial charge < -0.3 is 9.64 Å². The lowest BCUT2D eigenvalue weighted by atomic mass is 9.97. The lowest BCUT2D eigenvalue weighted by Gasteiger charge is -2.30. The summed E-state index contributed by atoms with van der Waals surface area (Å²) in [5, 5.41) is 1.15. The molecule has 34 heavy (non-hydrogen) atoms. The number of benzene rings is 2. The molecule has 1 saturated heterocycles. The van der Waals surface area contributed by atoms with Crippen molar-refractivity contribution < 1.29 is 14.3 Å². The molecular weight excluding hydrogens is 450 g/mol. The molecule has 1 amide bonds. The number of para-hydroxylation sites is 1. The van der Waals surface area contributed by atoms with Crippen molar-refractivity contribution in [2.24, 2.45) is 5.92 Å². The van der Waals surface area contributed by atoms with Gasteiger partial charge in [0.2, 0.25) is 5.91 Å². The molecule has 0 spiro atoms. The minimum Gasteiger partial charge on any atom is -0.469 e. The van der Waals surface area contributed by atoms with Crippen LogP contribution in [0.15, 0.2) is 64.5 Å². The maximum Gasteiger partial charge on any atom is 0.308 e. The third-order valence-electron chi connectivity index (χ3n) is 6.22. The van der Waals surface area contributed by atoms with Gasteiger partial charge in [-0.15, -0.1) is 0 Å². The highest BCUT2D eigenvalue weighted by molar-refractivity contribution is 7.99. The Balaban J connectivity index is 1.45. The van der Waals surface area contributed by atoms with Gasteiger partial charge in [0.05, 0.1) is 29.7 Å². The topological polar surface area (TPSA) is 81.5 Å². The molecule has 8 heteroatoms. The van der Waals surface area contributed by atoms with Crippen LogP contribution in [0, 0.1) is 5.92 Å². The number of aryl methyl sites for hydroxylation is 1. The second-order valence-corrected chi connectivity index (χ2v) is 9.37. The van der Waals surface area contributed by atoms with Crippen LogP contribution >= 0.6 is 11.8 Å². The van der Waals surface area contributed by atoms with Gasteiger partial charge in [-0.05, 0) is 43.4 Å². The van der Waals surface area contributed by atoms with Crippen molar-refractivity contribution in [1.29, 1.82) is 0 Å². The van der Waals surface area contributed by atoms with Crippen LogP contribution < -0.4 is 5.56 Å². The van der Waals surface area contributed by atoms with Gasteiger partial charge in [0, 0.05) is 19.6 Å². The molecule has 0 atom stereocenters. The van der Waals surface area contributed by atoms with Gasteiger partial charge in [0.25, 0.3) is 5.56 Å². The van der Waals surface area contributed by atoms with Crippen molar-refractivity contribution in [2.75, 3.05) is 26.0 Å². The van der Waals surface area contributed by atoms with E-state index in [9.17, 15) is 14.4 Å². The van der Waals surface area contributed by atoms with Crippen LogP contribution in [0.1, 0.15) is 24.8 Å². The van der Waals surface area contributed by atoms with Crippen molar-refractivity contribution in [1.82, 2.24) is 14.5 Å². The fraction of sp³-hybridized carbons (Fsp3) is 0.385. The zero-order valence-corrected chi connectivity index (χ0v) is 20.1. The number of fused-ring (bicyclic) bond motifs is 1. The Labute approximate surface area is 203 Å². The zero-order valence-electron chi connectivity index (χ0n) is 19.3. The minimum atomic E-state index is -0.207. The molecule has 0 N–H and O–H groups in total. The van der Waals surface area contributed by atoms with Gasteiger partial charge in [-0.1, -0.05) is 54.2 Å². The average molecular weight is 480 g/mol. The lowest BCUT2D eigenvalue weighted by Crippen LogP contribution is -2.41. The molecule has 1 fully saturated rings. The molecule has 1 aliphatic heterocycles. The van der Waals surface area contributed by atoms with Crippen LogP contribution in [0.4, 0.5) is 0 Å². The highest BCUT2D eigenvalue weighted by atomic mass is 32.2. The van der Waals surface area contributed by atoms with Gasteiger partial charge in [0.1, 0.15) is 0 Å². The Bertz CT molecular complexity index is 1200. The Morgan fingerprint density at radius 3 is 2.50 bits per heavy atom. The number of hydrogen-bond donors (Lipinski definition) is 0. The highest BCUT2D eigenvalue weighted by Crippen LogP contribution is 2.22. The quantitative estimate of drug-likeness (QED) is 0.279. The number of esters is 1. The molecular formula is C26H29N3O4S. The Hall–Kier alpha value is -3.13. The van der Waals surface area contributed by atoms with E-state index in [4.69, 9.17) is 9.72 Å².